The lowest BCUT2D eigenvalue weighted by molar-refractivity contribution is -0.139. The number of amides is 2. The molecule has 3 rings (SSSR count). The molecule has 0 bridgehead atoms. The second-order valence-electron chi connectivity index (χ2n) is 8.84. The average Bonchev–Trinajstić information content (AvgIpc) is 2.94. The predicted octanol–water partition coefficient (Wildman–Crippen LogP) is 4.99. The quantitative estimate of drug-likeness (QED) is 0.292. The highest BCUT2D eigenvalue weighted by atomic mass is 79.9. The van der Waals surface area contributed by atoms with Gasteiger partial charge in [-0.1, -0.05) is 65.3 Å². The second-order valence-corrected chi connectivity index (χ2v) is 11.6. The van der Waals surface area contributed by atoms with Gasteiger partial charge in [0.05, 0.1) is 17.2 Å². The molecule has 0 radical (unpaired) electrons. The minimum absolute atomic E-state index is 0.0392. The molecule has 10 heteroatoms. The summed E-state index contributed by atoms with van der Waals surface area (Å²) in [5, 5.41) is 2.84. The number of anilines is 1. The molecule has 0 aromatic heterocycles. The number of hydrogen-bond acceptors (Lipinski definition) is 5. The molecule has 0 heterocycles. The largest absolute Gasteiger partial charge is 0.492 e. The van der Waals surface area contributed by atoms with Crippen LogP contribution >= 0.6 is 15.9 Å². The third-order valence-corrected chi connectivity index (χ3v) is 8.33. The number of carbonyl (C=O) groups is 2. The van der Waals surface area contributed by atoms with Gasteiger partial charge in [-0.3, -0.25) is 13.9 Å². The number of carbonyl (C=O) groups excluding carboxylic acids is 2. The summed E-state index contributed by atoms with van der Waals surface area (Å²) in [7, 11) is -4.16. The molecule has 8 nitrogen and oxygen atoms in total. The van der Waals surface area contributed by atoms with Crippen LogP contribution in [0.1, 0.15) is 32.8 Å². The Hall–Kier alpha value is -3.37. The number of ether oxygens (including phenoxy) is 1. The Morgan fingerprint density at radius 3 is 2.23 bits per heavy atom. The van der Waals surface area contributed by atoms with Crippen molar-refractivity contribution in [2.45, 2.75) is 44.7 Å². The lowest BCUT2D eigenvalue weighted by atomic mass is 10.1. The van der Waals surface area contributed by atoms with Crippen LogP contribution in [0.5, 0.6) is 5.75 Å². The van der Waals surface area contributed by atoms with Gasteiger partial charge in [0.2, 0.25) is 11.8 Å². The molecular weight excluding hydrogens is 582 g/mol. The molecule has 1 N–H and O–H groups in total. The van der Waals surface area contributed by atoms with Crippen molar-refractivity contribution in [1.29, 1.82) is 0 Å². The van der Waals surface area contributed by atoms with Crippen molar-refractivity contribution < 1.29 is 22.7 Å². The summed E-state index contributed by atoms with van der Waals surface area (Å²) in [5.74, 6) is -0.502. The van der Waals surface area contributed by atoms with Gasteiger partial charge < -0.3 is 15.0 Å². The van der Waals surface area contributed by atoms with E-state index in [2.05, 4.69) is 21.2 Å². The maximum Gasteiger partial charge on any atom is 0.264 e. The van der Waals surface area contributed by atoms with E-state index in [1.54, 1.807) is 56.3 Å². The number of rotatable bonds is 13. The van der Waals surface area contributed by atoms with Crippen molar-refractivity contribution in [2.24, 2.45) is 0 Å². The SMILES string of the molecule is CCCNC(=O)[C@H](C)N(Cc1ccc(Br)cc1)C(=O)CN(c1ccccc1OCC)S(=O)(=O)c1ccccc1. The van der Waals surface area contributed by atoms with Crippen LogP contribution in [-0.2, 0) is 26.2 Å². The third kappa shape index (κ3) is 7.83. The van der Waals surface area contributed by atoms with Gasteiger partial charge >= 0.3 is 0 Å². The van der Waals surface area contributed by atoms with Crippen LogP contribution < -0.4 is 14.4 Å². The van der Waals surface area contributed by atoms with Crippen molar-refractivity contribution in [1.82, 2.24) is 10.2 Å². The summed E-state index contributed by atoms with van der Waals surface area (Å²) in [6.45, 7) is 5.77. The monoisotopic (exact) mass is 615 g/mol. The minimum Gasteiger partial charge on any atom is -0.492 e. The first-order valence-electron chi connectivity index (χ1n) is 12.8. The van der Waals surface area contributed by atoms with E-state index >= 15 is 0 Å². The van der Waals surface area contributed by atoms with Crippen molar-refractivity contribution in [3.05, 3.63) is 88.9 Å². The summed E-state index contributed by atoms with van der Waals surface area (Å²) in [6, 6.07) is 21.2. The van der Waals surface area contributed by atoms with Crippen LogP contribution in [0, 0.1) is 0 Å². The topological polar surface area (TPSA) is 96.0 Å². The van der Waals surface area contributed by atoms with Crippen molar-refractivity contribution in [3.63, 3.8) is 0 Å². The molecule has 2 amide bonds. The van der Waals surface area contributed by atoms with Gasteiger partial charge in [-0.25, -0.2) is 8.42 Å². The molecule has 0 fully saturated rings. The Kier molecular flexibility index (Phi) is 10.9. The Labute approximate surface area is 239 Å². The van der Waals surface area contributed by atoms with Gasteiger partial charge in [-0.2, -0.15) is 0 Å². The highest BCUT2D eigenvalue weighted by molar-refractivity contribution is 9.10. The van der Waals surface area contributed by atoms with Gasteiger partial charge in [0.15, 0.2) is 0 Å². The number of hydrogen-bond donors (Lipinski definition) is 1. The summed E-state index contributed by atoms with van der Waals surface area (Å²) in [6.07, 6.45) is 0.746. The van der Waals surface area contributed by atoms with Gasteiger partial charge in [-0.15, -0.1) is 0 Å². The highest BCUT2D eigenvalue weighted by Crippen LogP contribution is 2.32. The third-order valence-electron chi connectivity index (χ3n) is 6.03. The molecule has 0 unspecified atom stereocenters. The molecule has 0 saturated carbocycles. The molecule has 1 atom stereocenters. The van der Waals surface area contributed by atoms with Gasteiger partial charge in [0, 0.05) is 17.6 Å². The molecule has 0 aliphatic heterocycles. The highest BCUT2D eigenvalue weighted by Gasteiger charge is 2.33. The molecule has 0 saturated heterocycles. The Morgan fingerprint density at radius 1 is 0.949 bits per heavy atom. The lowest BCUT2D eigenvalue weighted by Gasteiger charge is -2.32. The molecular formula is C29H34BrN3O5S. The predicted molar refractivity (Wildman–Crippen MR) is 156 cm³/mol. The van der Waals surface area contributed by atoms with Crippen molar-refractivity contribution >= 4 is 43.5 Å². The number of nitrogens with zero attached hydrogens (tertiary/aromatic N) is 2. The Balaban J connectivity index is 2.05. The fraction of sp³-hybridized carbons (Fsp3) is 0.310. The Bertz CT molecular complexity index is 1350. The fourth-order valence-electron chi connectivity index (χ4n) is 3.94. The number of benzene rings is 3. The second kappa shape index (κ2) is 14.1. The summed E-state index contributed by atoms with van der Waals surface area (Å²) in [4.78, 5) is 28.3. The van der Waals surface area contributed by atoms with E-state index < -0.39 is 28.5 Å². The van der Waals surface area contributed by atoms with E-state index in [0.717, 1.165) is 20.8 Å². The van der Waals surface area contributed by atoms with Crippen molar-refractivity contribution in [3.8, 4) is 5.75 Å². The first-order chi connectivity index (χ1) is 18.7. The van der Waals surface area contributed by atoms with E-state index in [1.807, 2.05) is 31.2 Å². The normalized spacial score (nSPS) is 11.9. The number of halogens is 1. The number of para-hydroxylation sites is 2. The zero-order valence-corrected chi connectivity index (χ0v) is 24.7. The van der Waals surface area contributed by atoms with Gasteiger partial charge in [-0.05, 0) is 62.2 Å². The van der Waals surface area contributed by atoms with E-state index in [1.165, 1.54) is 17.0 Å². The first kappa shape index (κ1) is 30.2. The van der Waals surface area contributed by atoms with Crippen LogP contribution in [0.15, 0.2) is 88.2 Å². The average molecular weight is 617 g/mol. The summed E-state index contributed by atoms with van der Waals surface area (Å²) >= 11 is 3.41. The van der Waals surface area contributed by atoms with Crippen LogP contribution in [0.25, 0.3) is 0 Å². The van der Waals surface area contributed by atoms with Crippen LogP contribution in [0.3, 0.4) is 0 Å². The Morgan fingerprint density at radius 2 is 1.59 bits per heavy atom. The number of sulfonamides is 1. The molecule has 208 valence electrons. The molecule has 3 aromatic carbocycles. The summed E-state index contributed by atoms with van der Waals surface area (Å²) < 4.78 is 35.5. The van der Waals surface area contributed by atoms with Crippen LogP contribution in [-0.4, -0.2) is 50.9 Å². The zero-order chi connectivity index (χ0) is 28.4. The van der Waals surface area contributed by atoms with E-state index in [0.29, 0.717) is 18.9 Å². The standard InChI is InChI=1S/C29H34BrN3O5S/c1-4-19-31-29(35)22(3)32(20-23-15-17-24(30)18-16-23)28(34)21-33(26-13-9-10-14-27(26)38-5-2)39(36,37)25-11-7-6-8-12-25/h6-18,22H,4-5,19-21H2,1-3H3,(H,31,35)/t22-/m0/s1. The van der Waals surface area contributed by atoms with E-state index in [9.17, 15) is 18.0 Å². The molecule has 0 spiro atoms. The van der Waals surface area contributed by atoms with Gasteiger partial charge in [0.1, 0.15) is 18.3 Å². The maximum absolute atomic E-state index is 14.0. The van der Waals surface area contributed by atoms with Gasteiger partial charge in [0.25, 0.3) is 10.0 Å². The van der Waals surface area contributed by atoms with Crippen molar-refractivity contribution in [2.75, 3.05) is 24.0 Å². The minimum atomic E-state index is -4.16. The molecule has 0 aliphatic carbocycles. The van der Waals surface area contributed by atoms with Crippen LogP contribution in [0.4, 0.5) is 5.69 Å². The maximum atomic E-state index is 14.0. The molecule has 0 aliphatic rings. The van der Waals surface area contributed by atoms with E-state index in [-0.39, 0.29) is 23.0 Å². The fourth-order valence-corrected chi connectivity index (χ4v) is 5.65. The smallest absolute Gasteiger partial charge is 0.264 e. The summed E-state index contributed by atoms with van der Waals surface area (Å²) in [5.41, 5.74) is 1.04. The lowest BCUT2D eigenvalue weighted by Crippen LogP contribution is -2.51. The van der Waals surface area contributed by atoms with Crippen LogP contribution in [0.2, 0.25) is 0 Å². The van der Waals surface area contributed by atoms with E-state index in [4.69, 9.17) is 4.74 Å². The zero-order valence-electron chi connectivity index (χ0n) is 22.3. The number of nitrogens with one attached hydrogen (secondary N) is 1. The first-order valence-corrected chi connectivity index (χ1v) is 15.0. The molecule has 3 aromatic rings. The molecule has 39 heavy (non-hydrogen) atoms.